The van der Waals surface area contributed by atoms with Gasteiger partial charge in [0.1, 0.15) is 11.6 Å². The van der Waals surface area contributed by atoms with E-state index in [1.54, 1.807) is 61.1 Å². The Morgan fingerprint density at radius 2 is 1.49 bits per heavy atom. The topological polar surface area (TPSA) is 149 Å². The van der Waals surface area contributed by atoms with Gasteiger partial charge in [-0.2, -0.15) is 4.31 Å². The van der Waals surface area contributed by atoms with Crippen molar-refractivity contribution in [3.05, 3.63) is 91.4 Å². The molecule has 0 aliphatic carbocycles. The van der Waals surface area contributed by atoms with Crippen LogP contribution in [0.1, 0.15) is 0 Å². The van der Waals surface area contributed by atoms with Gasteiger partial charge in [0.15, 0.2) is 0 Å². The molecule has 11 nitrogen and oxygen atoms in total. The van der Waals surface area contributed by atoms with Gasteiger partial charge in [-0.25, -0.2) is 27.0 Å². The van der Waals surface area contributed by atoms with Crippen molar-refractivity contribution in [1.29, 1.82) is 0 Å². The molecule has 0 bridgehead atoms. The summed E-state index contributed by atoms with van der Waals surface area (Å²) in [5.74, 6) is 1.25. The summed E-state index contributed by atoms with van der Waals surface area (Å²) in [6, 6.07) is 20.5. The van der Waals surface area contributed by atoms with Crippen molar-refractivity contribution in [3.8, 4) is 28.0 Å². The molecule has 5 aromatic rings. The average Bonchev–Trinajstić information content (AvgIpc) is 3.04. The highest BCUT2D eigenvalue weighted by atomic mass is 32.2. The summed E-state index contributed by atoms with van der Waals surface area (Å²) in [5, 5.41) is 5.44. The van der Waals surface area contributed by atoms with Crippen LogP contribution in [0.5, 0.6) is 5.75 Å². The van der Waals surface area contributed by atoms with E-state index in [4.69, 9.17) is 14.9 Å². The number of piperazine rings is 1. The fourth-order valence-electron chi connectivity index (χ4n) is 5.09. The summed E-state index contributed by atoms with van der Waals surface area (Å²) < 4.78 is 57.2. The predicted molar refractivity (Wildman–Crippen MR) is 164 cm³/mol. The maximum Gasteiger partial charge on any atom is 0.243 e. The number of sulfonamides is 2. The lowest BCUT2D eigenvalue weighted by Crippen LogP contribution is -2.48. The van der Waals surface area contributed by atoms with E-state index in [-0.39, 0.29) is 9.79 Å². The second-order valence-electron chi connectivity index (χ2n) is 10.0. The Bertz CT molecular complexity index is 2030. The van der Waals surface area contributed by atoms with E-state index in [1.165, 1.54) is 17.5 Å². The zero-order chi connectivity index (χ0) is 30.2. The highest BCUT2D eigenvalue weighted by Gasteiger charge is 2.29. The number of fused-ring (bicyclic) bond motifs is 1. The Kier molecular flexibility index (Phi) is 7.56. The van der Waals surface area contributed by atoms with Gasteiger partial charge in [0.05, 0.1) is 34.1 Å². The second kappa shape index (κ2) is 11.3. The van der Waals surface area contributed by atoms with Gasteiger partial charge in [0.25, 0.3) is 0 Å². The Balaban J connectivity index is 1.23. The number of aromatic nitrogens is 3. The third-order valence-electron chi connectivity index (χ3n) is 7.37. The van der Waals surface area contributed by atoms with Crippen LogP contribution >= 0.6 is 0 Å². The number of anilines is 1. The molecule has 1 fully saturated rings. The number of hydrogen-bond acceptors (Lipinski definition) is 9. The third kappa shape index (κ3) is 5.79. The first kappa shape index (κ1) is 28.7. The van der Waals surface area contributed by atoms with Gasteiger partial charge in [0.2, 0.25) is 20.0 Å². The molecule has 0 radical (unpaired) electrons. The fourth-order valence-corrected chi connectivity index (χ4v) is 7.27. The molecular weight excluding hydrogens is 589 g/mol. The summed E-state index contributed by atoms with van der Waals surface area (Å²) in [6.07, 6.45) is 4.99. The van der Waals surface area contributed by atoms with Crippen LogP contribution in [0, 0.1) is 0 Å². The van der Waals surface area contributed by atoms with Gasteiger partial charge in [-0.05, 0) is 54.1 Å². The second-order valence-corrected chi connectivity index (χ2v) is 13.5. The molecule has 2 N–H and O–H groups in total. The van der Waals surface area contributed by atoms with Crippen LogP contribution in [0.4, 0.5) is 5.82 Å². The number of rotatable bonds is 7. The van der Waals surface area contributed by atoms with Crippen LogP contribution in [-0.2, 0) is 20.0 Å². The number of benzene rings is 3. The minimum absolute atomic E-state index is 0.0277. The molecule has 0 unspecified atom stereocenters. The van der Waals surface area contributed by atoms with Gasteiger partial charge >= 0.3 is 0 Å². The van der Waals surface area contributed by atoms with E-state index in [0.717, 1.165) is 11.1 Å². The number of nitrogens with zero attached hydrogens (tertiary/aromatic N) is 5. The van der Waals surface area contributed by atoms with Crippen LogP contribution < -0.4 is 14.8 Å². The van der Waals surface area contributed by atoms with Gasteiger partial charge in [-0.15, -0.1) is 0 Å². The lowest BCUT2D eigenvalue weighted by Gasteiger charge is -2.34. The van der Waals surface area contributed by atoms with Crippen LogP contribution in [0.3, 0.4) is 0 Å². The van der Waals surface area contributed by atoms with Crippen LogP contribution in [0.25, 0.3) is 33.3 Å². The summed E-state index contributed by atoms with van der Waals surface area (Å²) in [6.45, 7) is 1.55. The molecule has 6 rings (SSSR count). The van der Waals surface area contributed by atoms with E-state index in [2.05, 4.69) is 9.97 Å². The normalized spacial score (nSPS) is 14.6. The van der Waals surface area contributed by atoms with Crippen LogP contribution in [0.2, 0.25) is 0 Å². The van der Waals surface area contributed by atoms with Gasteiger partial charge in [-0.3, -0.25) is 9.97 Å². The first-order valence-electron chi connectivity index (χ1n) is 13.4. The smallest absolute Gasteiger partial charge is 0.243 e. The van der Waals surface area contributed by atoms with Crippen molar-refractivity contribution in [2.45, 2.75) is 9.79 Å². The van der Waals surface area contributed by atoms with Gasteiger partial charge in [-0.1, -0.05) is 24.3 Å². The molecule has 1 aliphatic heterocycles. The Hall–Kier alpha value is -4.43. The number of methoxy groups -OCH3 is 1. The molecule has 0 spiro atoms. The number of pyridine rings is 1. The molecule has 3 heterocycles. The standard InChI is InChI=1S/C30H28N6O5S2/c1-41-24-7-9-25(10-8-24)43(39,40)36-14-12-35(13-15-36)30-20-33-27-11-6-21(17-28(27)34-30)22-16-23(19-32-18-22)26-4-2-3-5-29(26)42(31,37)38/h2-11,16-20H,12-15H2,1H3,(H2,31,37,38). The van der Waals surface area contributed by atoms with E-state index in [9.17, 15) is 16.8 Å². The highest BCUT2D eigenvalue weighted by Crippen LogP contribution is 2.31. The largest absolute Gasteiger partial charge is 0.497 e. The van der Waals surface area contributed by atoms with E-state index in [1.807, 2.05) is 29.2 Å². The summed E-state index contributed by atoms with van der Waals surface area (Å²) in [5.41, 5.74) is 4.06. The van der Waals surface area contributed by atoms with Crippen molar-refractivity contribution < 1.29 is 21.6 Å². The molecule has 2 aromatic heterocycles. The van der Waals surface area contributed by atoms with Crippen molar-refractivity contribution in [1.82, 2.24) is 19.3 Å². The summed E-state index contributed by atoms with van der Waals surface area (Å²) in [4.78, 5) is 16.0. The Morgan fingerprint density at radius 1 is 0.767 bits per heavy atom. The molecule has 0 saturated carbocycles. The fraction of sp³-hybridized carbons (Fsp3) is 0.167. The van der Waals surface area contributed by atoms with E-state index >= 15 is 0 Å². The number of hydrogen-bond donors (Lipinski definition) is 1. The molecule has 0 atom stereocenters. The monoisotopic (exact) mass is 616 g/mol. The number of ether oxygens (including phenoxy) is 1. The lowest BCUT2D eigenvalue weighted by molar-refractivity contribution is 0.383. The maximum absolute atomic E-state index is 13.2. The predicted octanol–water partition coefficient (Wildman–Crippen LogP) is 3.53. The van der Waals surface area contributed by atoms with Gasteiger partial charge < -0.3 is 9.64 Å². The number of nitrogens with two attached hydrogens (primary N) is 1. The van der Waals surface area contributed by atoms with Crippen molar-refractivity contribution >= 4 is 36.9 Å². The summed E-state index contributed by atoms with van der Waals surface area (Å²) in [7, 11) is -6.02. The molecule has 13 heteroatoms. The summed E-state index contributed by atoms with van der Waals surface area (Å²) >= 11 is 0. The third-order valence-corrected chi connectivity index (χ3v) is 10.2. The maximum atomic E-state index is 13.2. The Labute approximate surface area is 249 Å². The molecule has 1 aliphatic rings. The van der Waals surface area contributed by atoms with Gasteiger partial charge in [0, 0.05) is 55.3 Å². The van der Waals surface area contributed by atoms with Crippen LogP contribution in [0.15, 0.2) is 101 Å². The SMILES string of the molecule is COc1ccc(S(=O)(=O)N2CCN(c3cnc4ccc(-c5cncc(-c6ccccc6S(N)(=O)=O)c5)cc4n3)CC2)cc1. The van der Waals surface area contributed by atoms with Crippen molar-refractivity contribution in [3.63, 3.8) is 0 Å². The van der Waals surface area contributed by atoms with E-state index in [0.29, 0.717) is 59.9 Å². The van der Waals surface area contributed by atoms with Crippen LogP contribution in [-0.4, -0.2) is 69.4 Å². The lowest BCUT2D eigenvalue weighted by atomic mass is 10.0. The molecule has 43 heavy (non-hydrogen) atoms. The van der Waals surface area contributed by atoms with Crippen molar-refractivity contribution in [2.75, 3.05) is 38.2 Å². The molecule has 1 saturated heterocycles. The van der Waals surface area contributed by atoms with E-state index < -0.39 is 20.0 Å². The quantitative estimate of drug-likeness (QED) is 0.290. The molecular formula is C30H28N6O5S2. The first-order chi connectivity index (χ1) is 20.6. The number of primary sulfonamides is 1. The minimum atomic E-state index is -3.92. The average molecular weight is 617 g/mol. The highest BCUT2D eigenvalue weighted by molar-refractivity contribution is 7.89. The van der Waals surface area contributed by atoms with Crippen molar-refractivity contribution in [2.24, 2.45) is 5.14 Å². The molecule has 220 valence electrons. The minimum Gasteiger partial charge on any atom is -0.497 e. The zero-order valence-corrected chi connectivity index (χ0v) is 24.8. The zero-order valence-electron chi connectivity index (χ0n) is 23.2. The molecule has 0 amide bonds. The first-order valence-corrected chi connectivity index (χ1v) is 16.4. The molecule has 3 aromatic carbocycles. The Morgan fingerprint density at radius 3 is 2.21 bits per heavy atom.